The van der Waals surface area contributed by atoms with E-state index in [4.69, 9.17) is 19.9 Å². The van der Waals surface area contributed by atoms with Crippen molar-refractivity contribution in [3.8, 4) is 17.2 Å². The lowest BCUT2D eigenvalue weighted by molar-refractivity contribution is -0.120. The number of nitrogens with one attached hydrogen (secondary N) is 1. The van der Waals surface area contributed by atoms with E-state index in [1.807, 2.05) is 0 Å². The predicted molar refractivity (Wildman–Crippen MR) is 97.5 cm³/mol. The average molecular weight is 368 g/mol. The van der Waals surface area contributed by atoms with Crippen LogP contribution in [0.15, 0.2) is 30.5 Å². The van der Waals surface area contributed by atoms with Crippen LogP contribution in [-0.2, 0) is 17.8 Å². The first-order valence-electron chi connectivity index (χ1n) is 7.33. The lowest BCUT2D eigenvalue weighted by Gasteiger charge is -2.14. The summed E-state index contributed by atoms with van der Waals surface area (Å²) in [6.45, 7) is 0.303. The Morgan fingerprint density at radius 3 is 2.28 bits per heavy atom. The number of carbonyl (C=O) groups excluding carboxylic acids is 1. The number of pyridine rings is 1. The minimum atomic E-state index is -0.149. The molecule has 2 rings (SSSR count). The zero-order chi connectivity index (χ0) is 17.5. The summed E-state index contributed by atoms with van der Waals surface area (Å²) in [5, 5.41) is 2.84. The second kappa shape index (κ2) is 9.58. The maximum atomic E-state index is 12.1. The Labute approximate surface area is 152 Å². The van der Waals surface area contributed by atoms with Crippen LogP contribution in [0.25, 0.3) is 0 Å². The molecule has 0 saturated carbocycles. The van der Waals surface area contributed by atoms with E-state index in [1.165, 1.54) is 6.20 Å². The molecule has 0 fully saturated rings. The molecule has 2 aromatic rings. The molecule has 0 spiro atoms. The molecule has 0 unspecified atom stereocenters. The number of hydrogen-bond donors (Lipinski definition) is 2. The molecule has 136 valence electrons. The van der Waals surface area contributed by atoms with Gasteiger partial charge in [0.05, 0.1) is 39.6 Å². The first-order valence-corrected chi connectivity index (χ1v) is 7.33. The zero-order valence-corrected chi connectivity index (χ0v) is 15.2. The van der Waals surface area contributed by atoms with E-state index in [0.29, 0.717) is 35.2 Å². The fourth-order valence-electron chi connectivity index (χ4n) is 2.19. The number of hydrogen-bond acceptors (Lipinski definition) is 6. The maximum Gasteiger partial charge on any atom is 0.226 e. The number of nitrogen functional groups attached to an aromatic ring is 1. The highest BCUT2D eigenvalue weighted by Crippen LogP contribution is 2.34. The van der Waals surface area contributed by atoms with E-state index >= 15 is 0 Å². The van der Waals surface area contributed by atoms with E-state index in [9.17, 15) is 4.79 Å². The van der Waals surface area contributed by atoms with Crippen molar-refractivity contribution in [3.05, 3.63) is 41.7 Å². The minimum absolute atomic E-state index is 0. The van der Waals surface area contributed by atoms with Crippen LogP contribution >= 0.6 is 12.4 Å². The third kappa shape index (κ3) is 5.42. The van der Waals surface area contributed by atoms with Crippen LogP contribution in [0, 0.1) is 0 Å². The third-order valence-corrected chi connectivity index (χ3v) is 3.45. The molecule has 8 heteroatoms. The number of halogens is 1. The molecule has 1 amide bonds. The molecule has 25 heavy (non-hydrogen) atoms. The number of aromatic nitrogens is 1. The van der Waals surface area contributed by atoms with Crippen molar-refractivity contribution in [2.75, 3.05) is 27.1 Å². The van der Waals surface area contributed by atoms with Crippen molar-refractivity contribution >= 4 is 24.0 Å². The fraction of sp³-hybridized carbons (Fsp3) is 0.294. The van der Waals surface area contributed by atoms with Gasteiger partial charge in [0.1, 0.15) is 5.75 Å². The van der Waals surface area contributed by atoms with Crippen LogP contribution in [-0.4, -0.2) is 32.2 Å². The highest BCUT2D eigenvalue weighted by atomic mass is 35.5. The third-order valence-electron chi connectivity index (χ3n) is 3.45. The molecule has 0 aliphatic rings. The summed E-state index contributed by atoms with van der Waals surface area (Å²) >= 11 is 0. The standard InChI is InChI=1S/C17H21N3O4.ClH/c1-22-14-8-16(24-3)15(23-2)6-11(14)9-20-17(21)7-13-5-4-12(18)10-19-13;/h4-6,8,10H,7,9,18H2,1-3H3,(H,20,21);1H. The zero-order valence-electron chi connectivity index (χ0n) is 14.4. The Morgan fingerprint density at radius 1 is 1.08 bits per heavy atom. The summed E-state index contributed by atoms with van der Waals surface area (Å²) in [6, 6.07) is 6.94. The van der Waals surface area contributed by atoms with Gasteiger partial charge in [0.15, 0.2) is 11.5 Å². The van der Waals surface area contributed by atoms with Crippen molar-refractivity contribution in [3.63, 3.8) is 0 Å². The number of nitrogens with zero attached hydrogens (tertiary/aromatic N) is 1. The molecule has 3 N–H and O–H groups in total. The number of carbonyl (C=O) groups is 1. The maximum absolute atomic E-state index is 12.1. The van der Waals surface area contributed by atoms with E-state index in [1.54, 1.807) is 45.6 Å². The van der Waals surface area contributed by atoms with Gasteiger partial charge in [-0.15, -0.1) is 12.4 Å². The predicted octanol–water partition coefficient (Wildman–Crippen LogP) is 1.97. The van der Waals surface area contributed by atoms with Crippen LogP contribution < -0.4 is 25.3 Å². The molecule has 1 aromatic heterocycles. The topological polar surface area (TPSA) is 95.7 Å². The number of benzene rings is 1. The number of amides is 1. The first kappa shape index (κ1) is 20.4. The molecule has 0 aliphatic heterocycles. The van der Waals surface area contributed by atoms with Crippen molar-refractivity contribution < 1.29 is 19.0 Å². The van der Waals surface area contributed by atoms with E-state index in [0.717, 1.165) is 5.56 Å². The summed E-state index contributed by atoms with van der Waals surface area (Å²) in [4.78, 5) is 16.2. The molecular weight excluding hydrogens is 346 g/mol. The quantitative estimate of drug-likeness (QED) is 0.776. The van der Waals surface area contributed by atoms with Crippen LogP contribution in [0.2, 0.25) is 0 Å². The minimum Gasteiger partial charge on any atom is -0.496 e. The van der Waals surface area contributed by atoms with Gasteiger partial charge < -0.3 is 25.3 Å². The van der Waals surface area contributed by atoms with E-state index in [-0.39, 0.29) is 24.7 Å². The van der Waals surface area contributed by atoms with Gasteiger partial charge in [0.2, 0.25) is 5.91 Å². The van der Waals surface area contributed by atoms with E-state index < -0.39 is 0 Å². The molecule has 1 heterocycles. The Hall–Kier alpha value is -2.67. The summed E-state index contributed by atoms with van der Waals surface area (Å²) in [6.07, 6.45) is 1.70. The van der Waals surface area contributed by atoms with Crippen molar-refractivity contribution in [2.24, 2.45) is 0 Å². The van der Waals surface area contributed by atoms with Crippen LogP contribution in [0.3, 0.4) is 0 Å². The number of ether oxygens (including phenoxy) is 3. The van der Waals surface area contributed by atoms with Crippen LogP contribution in [0.4, 0.5) is 5.69 Å². The second-order valence-corrected chi connectivity index (χ2v) is 5.06. The molecule has 0 bridgehead atoms. The SMILES string of the molecule is COc1cc(OC)c(OC)cc1CNC(=O)Cc1ccc(N)cn1.Cl. The first-order chi connectivity index (χ1) is 11.6. The Morgan fingerprint density at radius 2 is 1.72 bits per heavy atom. The Balaban J connectivity index is 0.00000312. The molecule has 0 saturated heterocycles. The average Bonchev–Trinajstić information content (AvgIpc) is 2.61. The summed E-state index contributed by atoms with van der Waals surface area (Å²) in [7, 11) is 4.67. The second-order valence-electron chi connectivity index (χ2n) is 5.06. The molecule has 0 aliphatic carbocycles. The molecule has 0 atom stereocenters. The molecule has 7 nitrogen and oxygen atoms in total. The number of nitrogens with two attached hydrogens (primary N) is 1. The lowest BCUT2D eigenvalue weighted by atomic mass is 10.1. The van der Waals surface area contributed by atoms with Gasteiger partial charge in [-0.3, -0.25) is 9.78 Å². The highest BCUT2D eigenvalue weighted by molar-refractivity contribution is 5.85. The summed E-state index contributed by atoms with van der Waals surface area (Å²) in [5.41, 5.74) is 7.58. The number of methoxy groups -OCH3 is 3. The normalized spacial score (nSPS) is 9.72. The molecule has 1 aromatic carbocycles. The Kier molecular flexibility index (Phi) is 7.81. The number of rotatable bonds is 7. The van der Waals surface area contributed by atoms with Crippen molar-refractivity contribution in [1.82, 2.24) is 10.3 Å². The van der Waals surface area contributed by atoms with Crippen molar-refractivity contribution in [1.29, 1.82) is 0 Å². The smallest absolute Gasteiger partial charge is 0.226 e. The summed E-state index contributed by atoms with van der Waals surface area (Å²) in [5.74, 6) is 1.60. The molecule has 0 radical (unpaired) electrons. The van der Waals surface area contributed by atoms with Crippen molar-refractivity contribution in [2.45, 2.75) is 13.0 Å². The molecular formula is C17H22ClN3O4. The number of anilines is 1. The monoisotopic (exact) mass is 367 g/mol. The van der Waals surface area contributed by atoms with Gasteiger partial charge in [0, 0.05) is 23.9 Å². The van der Waals surface area contributed by atoms with Gasteiger partial charge in [-0.2, -0.15) is 0 Å². The Bertz CT molecular complexity index is 708. The summed E-state index contributed by atoms with van der Waals surface area (Å²) < 4.78 is 15.9. The van der Waals surface area contributed by atoms with Gasteiger partial charge in [-0.1, -0.05) is 0 Å². The van der Waals surface area contributed by atoms with Crippen LogP contribution in [0.1, 0.15) is 11.3 Å². The fourth-order valence-corrected chi connectivity index (χ4v) is 2.19. The van der Waals surface area contributed by atoms with Gasteiger partial charge in [-0.25, -0.2) is 0 Å². The highest BCUT2D eigenvalue weighted by Gasteiger charge is 2.13. The van der Waals surface area contributed by atoms with Gasteiger partial charge in [0.25, 0.3) is 0 Å². The van der Waals surface area contributed by atoms with Gasteiger partial charge >= 0.3 is 0 Å². The lowest BCUT2D eigenvalue weighted by Crippen LogP contribution is -2.25. The largest absolute Gasteiger partial charge is 0.496 e. The van der Waals surface area contributed by atoms with E-state index in [2.05, 4.69) is 10.3 Å². The van der Waals surface area contributed by atoms with Crippen LogP contribution in [0.5, 0.6) is 17.2 Å². The van der Waals surface area contributed by atoms with Gasteiger partial charge in [-0.05, 0) is 18.2 Å².